The highest BCUT2D eigenvalue weighted by atomic mass is 16.1. The molecule has 0 N–H and O–H groups in total. The first-order valence-electron chi connectivity index (χ1n) is 6.02. The van der Waals surface area contributed by atoms with E-state index in [1.54, 1.807) is 12.1 Å². The van der Waals surface area contributed by atoms with Gasteiger partial charge < -0.3 is 0 Å². The third-order valence-electron chi connectivity index (χ3n) is 3.13. The molecule has 0 heterocycles. The molecule has 0 bridgehead atoms. The predicted octanol–water partition coefficient (Wildman–Crippen LogP) is 3.45. The maximum absolute atomic E-state index is 11.9. The summed E-state index contributed by atoms with van der Waals surface area (Å²) in [5.41, 5.74) is 0.894. The molecular formula is C16H14O3. The van der Waals surface area contributed by atoms with E-state index in [1.165, 1.54) is 20.8 Å². The van der Waals surface area contributed by atoms with Crippen molar-refractivity contribution < 1.29 is 14.4 Å². The number of carbonyl (C=O) groups excluding carboxylic acids is 3. The molecule has 0 radical (unpaired) electrons. The van der Waals surface area contributed by atoms with Crippen molar-refractivity contribution in [2.45, 2.75) is 20.8 Å². The predicted molar refractivity (Wildman–Crippen MR) is 74.0 cm³/mol. The lowest BCUT2D eigenvalue weighted by Gasteiger charge is -2.12. The molecule has 2 rings (SSSR count). The molecule has 0 aliphatic rings. The molecule has 2 aromatic carbocycles. The van der Waals surface area contributed by atoms with E-state index in [1.807, 2.05) is 18.2 Å². The monoisotopic (exact) mass is 254 g/mol. The molecule has 0 spiro atoms. The van der Waals surface area contributed by atoms with Gasteiger partial charge in [-0.15, -0.1) is 0 Å². The van der Waals surface area contributed by atoms with E-state index >= 15 is 0 Å². The van der Waals surface area contributed by atoms with Gasteiger partial charge in [0.25, 0.3) is 0 Å². The number of benzene rings is 2. The van der Waals surface area contributed by atoms with Crippen molar-refractivity contribution in [1.29, 1.82) is 0 Å². The van der Waals surface area contributed by atoms with E-state index in [4.69, 9.17) is 0 Å². The van der Waals surface area contributed by atoms with Crippen molar-refractivity contribution in [3.05, 3.63) is 47.0 Å². The van der Waals surface area contributed by atoms with Gasteiger partial charge in [0, 0.05) is 16.7 Å². The zero-order valence-electron chi connectivity index (χ0n) is 11.1. The Labute approximate surface area is 111 Å². The van der Waals surface area contributed by atoms with Gasteiger partial charge in [0.15, 0.2) is 17.3 Å². The van der Waals surface area contributed by atoms with Crippen LogP contribution >= 0.6 is 0 Å². The second kappa shape index (κ2) is 4.76. The highest BCUT2D eigenvalue weighted by Crippen LogP contribution is 2.27. The molecule has 0 amide bonds. The first kappa shape index (κ1) is 13.1. The third kappa shape index (κ3) is 2.19. The Balaban J connectivity index is 3.04. The van der Waals surface area contributed by atoms with Gasteiger partial charge >= 0.3 is 0 Å². The number of hydrogen-bond acceptors (Lipinski definition) is 3. The first-order chi connectivity index (χ1) is 8.93. The Kier molecular flexibility index (Phi) is 3.30. The number of carbonyl (C=O) groups is 3. The molecule has 0 fully saturated rings. The molecule has 0 saturated carbocycles. The summed E-state index contributed by atoms with van der Waals surface area (Å²) in [4.78, 5) is 35.5. The van der Waals surface area contributed by atoms with Crippen LogP contribution in [0.25, 0.3) is 10.8 Å². The van der Waals surface area contributed by atoms with Crippen molar-refractivity contribution in [2.24, 2.45) is 0 Å². The average molecular weight is 254 g/mol. The molecular weight excluding hydrogens is 240 g/mol. The average Bonchev–Trinajstić information content (AvgIpc) is 2.35. The summed E-state index contributed by atoms with van der Waals surface area (Å²) in [6.07, 6.45) is 0. The molecule has 3 nitrogen and oxygen atoms in total. The van der Waals surface area contributed by atoms with E-state index in [-0.39, 0.29) is 22.9 Å². The smallest absolute Gasteiger partial charge is 0.161 e. The van der Waals surface area contributed by atoms with Gasteiger partial charge in [-0.2, -0.15) is 0 Å². The van der Waals surface area contributed by atoms with E-state index in [0.29, 0.717) is 16.5 Å². The quantitative estimate of drug-likeness (QED) is 0.788. The lowest BCUT2D eigenvalue weighted by molar-refractivity contribution is 0.0969. The maximum atomic E-state index is 11.9. The lowest BCUT2D eigenvalue weighted by Crippen LogP contribution is -2.11. The zero-order chi connectivity index (χ0) is 14.2. The fraction of sp³-hybridized carbons (Fsp3) is 0.188. The molecule has 0 atom stereocenters. The van der Waals surface area contributed by atoms with Crippen LogP contribution in [0, 0.1) is 0 Å². The minimum absolute atomic E-state index is 0.204. The number of hydrogen-bond donors (Lipinski definition) is 0. The highest BCUT2D eigenvalue weighted by Gasteiger charge is 2.21. The molecule has 3 heteroatoms. The van der Waals surface area contributed by atoms with E-state index < -0.39 is 0 Å². The van der Waals surface area contributed by atoms with Gasteiger partial charge in [-0.1, -0.05) is 24.3 Å². The number of ketones is 3. The van der Waals surface area contributed by atoms with Crippen LogP contribution in [0.1, 0.15) is 51.8 Å². The Bertz CT molecular complexity index is 711. The zero-order valence-corrected chi connectivity index (χ0v) is 11.1. The minimum atomic E-state index is -0.263. The van der Waals surface area contributed by atoms with Crippen molar-refractivity contribution in [3.8, 4) is 0 Å². The Morgan fingerprint density at radius 3 is 1.89 bits per heavy atom. The van der Waals surface area contributed by atoms with Crippen LogP contribution in [0.4, 0.5) is 0 Å². The van der Waals surface area contributed by atoms with E-state index in [9.17, 15) is 14.4 Å². The van der Waals surface area contributed by atoms with E-state index in [0.717, 1.165) is 5.39 Å². The van der Waals surface area contributed by atoms with Crippen LogP contribution in [-0.2, 0) is 0 Å². The van der Waals surface area contributed by atoms with Gasteiger partial charge in [0.1, 0.15) is 0 Å². The number of Topliss-reactive ketones (excluding diaryl/α,β-unsaturated/α-hetero) is 3. The largest absolute Gasteiger partial charge is 0.294 e. The van der Waals surface area contributed by atoms with Crippen LogP contribution < -0.4 is 0 Å². The normalized spacial score (nSPS) is 10.5. The van der Waals surface area contributed by atoms with Crippen LogP contribution in [-0.4, -0.2) is 17.3 Å². The maximum Gasteiger partial charge on any atom is 0.161 e. The summed E-state index contributed by atoms with van der Waals surface area (Å²) in [5, 5.41) is 1.51. The van der Waals surface area contributed by atoms with Gasteiger partial charge in [-0.05, 0) is 37.6 Å². The van der Waals surface area contributed by atoms with Gasteiger partial charge in [0.2, 0.25) is 0 Å². The minimum Gasteiger partial charge on any atom is -0.294 e. The first-order valence-corrected chi connectivity index (χ1v) is 6.02. The molecule has 0 aliphatic heterocycles. The van der Waals surface area contributed by atoms with E-state index in [2.05, 4.69) is 0 Å². The van der Waals surface area contributed by atoms with Gasteiger partial charge in [-0.25, -0.2) is 0 Å². The summed E-state index contributed by atoms with van der Waals surface area (Å²) in [7, 11) is 0. The molecule has 0 saturated heterocycles. The SMILES string of the molecule is CC(=O)c1cc2ccccc2c(C(C)=O)c1C(C)=O. The Morgan fingerprint density at radius 1 is 0.789 bits per heavy atom. The topological polar surface area (TPSA) is 51.2 Å². The van der Waals surface area contributed by atoms with Crippen molar-refractivity contribution in [1.82, 2.24) is 0 Å². The van der Waals surface area contributed by atoms with Gasteiger partial charge in [0.05, 0.1) is 0 Å². The Morgan fingerprint density at radius 2 is 1.37 bits per heavy atom. The summed E-state index contributed by atoms with van der Waals surface area (Å²) in [6, 6.07) is 8.96. The molecule has 2 aromatic rings. The van der Waals surface area contributed by atoms with Crippen LogP contribution in [0.5, 0.6) is 0 Å². The van der Waals surface area contributed by atoms with Crippen LogP contribution in [0.15, 0.2) is 30.3 Å². The lowest BCUT2D eigenvalue weighted by atomic mass is 9.89. The number of fused-ring (bicyclic) bond motifs is 1. The summed E-state index contributed by atoms with van der Waals surface area (Å²) >= 11 is 0. The molecule has 19 heavy (non-hydrogen) atoms. The second-order valence-corrected chi connectivity index (χ2v) is 4.56. The van der Waals surface area contributed by atoms with Gasteiger partial charge in [-0.3, -0.25) is 14.4 Å². The molecule has 0 aliphatic carbocycles. The second-order valence-electron chi connectivity index (χ2n) is 4.56. The Hall–Kier alpha value is -2.29. The highest BCUT2D eigenvalue weighted by molar-refractivity contribution is 6.20. The summed E-state index contributed by atoms with van der Waals surface area (Å²) in [6.45, 7) is 4.20. The fourth-order valence-corrected chi connectivity index (χ4v) is 2.36. The van der Waals surface area contributed by atoms with Crippen molar-refractivity contribution >= 4 is 28.1 Å². The molecule has 96 valence electrons. The standard InChI is InChI=1S/C16H14O3/c1-9(17)14-8-12-6-4-5-7-13(12)15(10(2)18)16(14)11(3)19/h4-8H,1-3H3. The molecule has 0 unspecified atom stereocenters. The summed E-state index contributed by atoms with van der Waals surface area (Å²) < 4.78 is 0. The van der Waals surface area contributed by atoms with Crippen LogP contribution in [0.3, 0.4) is 0 Å². The summed E-state index contributed by atoms with van der Waals surface area (Å²) in [5.74, 6) is -0.677. The molecule has 0 aromatic heterocycles. The number of rotatable bonds is 3. The van der Waals surface area contributed by atoms with Crippen molar-refractivity contribution in [3.63, 3.8) is 0 Å². The van der Waals surface area contributed by atoms with Crippen molar-refractivity contribution in [2.75, 3.05) is 0 Å². The fourth-order valence-electron chi connectivity index (χ4n) is 2.36. The van der Waals surface area contributed by atoms with Crippen LogP contribution in [0.2, 0.25) is 0 Å². The third-order valence-corrected chi connectivity index (χ3v) is 3.13.